The predicted molar refractivity (Wildman–Crippen MR) is 104 cm³/mol. The van der Waals surface area contributed by atoms with Gasteiger partial charge in [0.25, 0.3) is 11.8 Å². The van der Waals surface area contributed by atoms with Gasteiger partial charge in [0.05, 0.1) is 6.61 Å². The number of nitrogens with zero attached hydrogens (tertiary/aromatic N) is 1. The number of piperidine rings is 1. The molecule has 1 atom stereocenters. The second-order valence-electron chi connectivity index (χ2n) is 7.12. The van der Waals surface area contributed by atoms with Crippen LogP contribution in [-0.2, 0) is 16.0 Å². The van der Waals surface area contributed by atoms with Gasteiger partial charge in [-0.3, -0.25) is 9.59 Å². The minimum Gasteiger partial charge on any atom is -0.363 e. The second-order valence-corrected chi connectivity index (χ2v) is 7.12. The van der Waals surface area contributed by atoms with E-state index in [9.17, 15) is 9.59 Å². The lowest BCUT2D eigenvalue weighted by Gasteiger charge is -2.27. The number of likely N-dealkylation sites (tertiary alicyclic amines) is 1. The van der Waals surface area contributed by atoms with Gasteiger partial charge in [-0.1, -0.05) is 24.3 Å². The largest absolute Gasteiger partial charge is 0.363 e. The van der Waals surface area contributed by atoms with Crippen molar-refractivity contribution in [3.63, 3.8) is 0 Å². The van der Waals surface area contributed by atoms with E-state index < -0.39 is 6.10 Å². The molecule has 2 aromatic rings. The third-order valence-corrected chi connectivity index (χ3v) is 5.27. The first kappa shape index (κ1) is 17.7. The van der Waals surface area contributed by atoms with Crippen molar-refractivity contribution in [3.8, 4) is 0 Å². The fraction of sp³-hybridized carbons (Fsp3) is 0.364. The van der Waals surface area contributed by atoms with Gasteiger partial charge in [0.2, 0.25) is 0 Å². The van der Waals surface area contributed by atoms with Crippen LogP contribution >= 0.6 is 0 Å². The van der Waals surface area contributed by atoms with E-state index in [1.165, 1.54) is 6.42 Å². The Morgan fingerprint density at radius 2 is 1.70 bits per heavy atom. The number of carbonyl (C=O) groups excluding carboxylic acids is 2. The molecule has 0 saturated carbocycles. The minimum absolute atomic E-state index is 0.0668. The quantitative estimate of drug-likeness (QED) is 0.906. The fourth-order valence-corrected chi connectivity index (χ4v) is 3.79. The fourth-order valence-electron chi connectivity index (χ4n) is 3.79. The first-order chi connectivity index (χ1) is 13.2. The molecule has 2 heterocycles. The Labute approximate surface area is 159 Å². The molecule has 0 unspecified atom stereocenters. The van der Waals surface area contributed by atoms with Crippen molar-refractivity contribution in [2.45, 2.75) is 31.8 Å². The van der Waals surface area contributed by atoms with Crippen LogP contribution in [0.2, 0.25) is 0 Å². The number of amides is 2. The van der Waals surface area contributed by atoms with Crippen molar-refractivity contribution in [1.82, 2.24) is 4.90 Å². The van der Waals surface area contributed by atoms with Gasteiger partial charge in [-0.2, -0.15) is 0 Å². The molecule has 140 valence electrons. The summed E-state index contributed by atoms with van der Waals surface area (Å²) in [7, 11) is 0. The summed E-state index contributed by atoms with van der Waals surface area (Å²) in [5.41, 5.74) is 3.42. The number of carbonyl (C=O) groups is 2. The summed E-state index contributed by atoms with van der Waals surface area (Å²) in [6.45, 7) is 2.20. The average Bonchev–Trinajstić information content (AvgIpc) is 2.74. The van der Waals surface area contributed by atoms with Gasteiger partial charge >= 0.3 is 0 Å². The maximum Gasteiger partial charge on any atom is 0.258 e. The van der Waals surface area contributed by atoms with Gasteiger partial charge in [-0.05, 0) is 61.1 Å². The Balaban J connectivity index is 1.43. The smallest absolute Gasteiger partial charge is 0.258 e. The van der Waals surface area contributed by atoms with E-state index in [0.29, 0.717) is 17.9 Å². The zero-order chi connectivity index (χ0) is 18.6. The number of nitrogens with one attached hydrogen (secondary N) is 1. The van der Waals surface area contributed by atoms with E-state index in [-0.39, 0.29) is 11.8 Å². The lowest BCUT2D eigenvalue weighted by atomic mass is 9.97. The highest BCUT2D eigenvalue weighted by Crippen LogP contribution is 2.28. The molecule has 1 saturated heterocycles. The first-order valence-electron chi connectivity index (χ1n) is 9.62. The summed E-state index contributed by atoms with van der Waals surface area (Å²) in [5.74, 6) is -0.116. The minimum atomic E-state index is -0.593. The average molecular weight is 364 g/mol. The van der Waals surface area contributed by atoms with Crippen LogP contribution in [0, 0.1) is 0 Å². The summed E-state index contributed by atoms with van der Waals surface area (Å²) in [6, 6.07) is 15.0. The van der Waals surface area contributed by atoms with Crippen LogP contribution in [-0.4, -0.2) is 36.4 Å². The van der Waals surface area contributed by atoms with Crippen molar-refractivity contribution in [3.05, 3.63) is 65.2 Å². The maximum absolute atomic E-state index is 12.7. The molecule has 1 fully saturated rings. The Morgan fingerprint density at radius 1 is 0.963 bits per heavy atom. The summed E-state index contributed by atoms with van der Waals surface area (Å²) >= 11 is 0. The third kappa shape index (κ3) is 3.88. The second kappa shape index (κ2) is 7.92. The van der Waals surface area contributed by atoms with Gasteiger partial charge in [0, 0.05) is 24.3 Å². The first-order valence-corrected chi connectivity index (χ1v) is 9.62. The molecule has 0 aliphatic carbocycles. The number of ether oxygens (including phenoxy) is 1. The Bertz CT molecular complexity index is 826. The van der Waals surface area contributed by atoms with Crippen LogP contribution in [0.5, 0.6) is 0 Å². The Morgan fingerprint density at radius 3 is 2.48 bits per heavy atom. The molecule has 2 aromatic carbocycles. The van der Waals surface area contributed by atoms with Crippen molar-refractivity contribution < 1.29 is 14.3 Å². The summed E-state index contributed by atoms with van der Waals surface area (Å²) < 4.78 is 5.71. The van der Waals surface area contributed by atoms with Gasteiger partial charge in [0.15, 0.2) is 6.10 Å². The summed E-state index contributed by atoms with van der Waals surface area (Å²) in [4.78, 5) is 27.1. The highest BCUT2D eigenvalue weighted by molar-refractivity contribution is 5.97. The summed E-state index contributed by atoms with van der Waals surface area (Å²) in [5, 5.41) is 2.91. The normalized spacial score (nSPS) is 19.3. The highest BCUT2D eigenvalue weighted by atomic mass is 16.5. The van der Waals surface area contributed by atoms with Crippen LogP contribution in [0.25, 0.3) is 0 Å². The van der Waals surface area contributed by atoms with E-state index in [2.05, 4.69) is 5.32 Å². The van der Waals surface area contributed by atoms with E-state index in [1.807, 2.05) is 29.2 Å². The topological polar surface area (TPSA) is 58.6 Å². The van der Waals surface area contributed by atoms with Crippen LogP contribution in [0.15, 0.2) is 48.5 Å². The molecule has 5 heteroatoms. The van der Waals surface area contributed by atoms with E-state index in [0.717, 1.165) is 43.5 Å². The lowest BCUT2D eigenvalue weighted by Crippen LogP contribution is -2.35. The van der Waals surface area contributed by atoms with Crippen molar-refractivity contribution in [1.29, 1.82) is 0 Å². The molecule has 0 bridgehead atoms. The molecule has 2 aliphatic rings. The Kier molecular flexibility index (Phi) is 5.21. The maximum atomic E-state index is 12.7. The molecule has 0 aromatic heterocycles. The molecule has 4 rings (SSSR count). The predicted octanol–water partition coefficient (Wildman–Crippen LogP) is 3.57. The molecular weight excluding hydrogens is 340 g/mol. The van der Waals surface area contributed by atoms with E-state index in [4.69, 9.17) is 4.74 Å². The van der Waals surface area contributed by atoms with Crippen LogP contribution in [0.1, 0.15) is 46.9 Å². The number of anilines is 1. The number of rotatable bonds is 3. The van der Waals surface area contributed by atoms with E-state index in [1.54, 1.807) is 24.3 Å². The van der Waals surface area contributed by atoms with Gasteiger partial charge < -0.3 is 15.0 Å². The molecule has 27 heavy (non-hydrogen) atoms. The van der Waals surface area contributed by atoms with Gasteiger partial charge in [-0.25, -0.2) is 0 Å². The molecule has 0 spiro atoms. The van der Waals surface area contributed by atoms with Crippen LogP contribution in [0.4, 0.5) is 5.69 Å². The van der Waals surface area contributed by atoms with Crippen molar-refractivity contribution in [2.75, 3.05) is 25.0 Å². The number of hydrogen-bond donors (Lipinski definition) is 1. The lowest BCUT2D eigenvalue weighted by molar-refractivity contribution is -0.128. The van der Waals surface area contributed by atoms with Gasteiger partial charge in [-0.15, -0.1) is 0 Å². The van der Waals surface area contributed by atoms with Crippen LogP contribution in [0.3, 0.4) is 0 Å². The Hall–Kier alpha value is -2.66. The van der Waals surface area contributed by atoms with Crippen LogP contribution < -0.4 is 5.32 Å². The number of benzene rings is 2. The SMILES string of the molecule is O=C(Nc1ccc(C(=O)N2CCCCC2)cc1)[C@H]1OCCc2ccccc21. The highest BCUT2D eigenvalue weighted by Gasteiger charge is 2.27. The van der Waals surface area contributed by atoms with Crippen molar-refractivity contribution >= 4 is 17.5 Å². The number of fused-ring (bicyclic) bond motifs is 1. The zero-order valence-electron chi connectivity index (χ0n) is 15.3. The third-order valence-electron chi connectivity index (χ3n) is 5.27. The zero-order valence-corrected chi connectivity index (χ0v) is 15.3. The molecule has 0 radical (unpaired) electrons. The molecule has 2 amide bonds. The monoisotopic (exact) mass is 364 g/mol. The standard InChI is InChI=1S/C22H24N2O3/c25-21(20-19-7-3-2-6-16(19)12-15-27-20)23-18-10-8-17(9-11-18)22(26)24-13-4-1-5-14-24/h2-3,6-11,20H,1,4-5,12-15H2,(H,23,25)/t20-/m0/s1. The molecule has 1 N–H and O–H groups in total. The molecule has 5 nitrogen and oxygen atoms in total. The molecular formula is C22H24N2O3. The van der Waals surface area contributed by atoms with E-state index >= 15 is 0 Å². The molecule has 2 aliphatic heterocycles. The summed E-state index contributed by atoms with van der Waals surface area (Å²) in [6.07, 6.45) is 3.57. The van der Waals surface area contributed by atoms with Gasteiger partial charge in [0.1, 0.15) is 0 Å². The number of hydrogen-bond acceptors (Lipinski definition) is 3. The van der Waals surface area contributed by atoms with Crippen molar-refractivity contribution in [2.24, 2.45) is 0 Å².